The number of aromatic hydroxyl groups is 1. The molecule has 7 nitrogen and oxygen atoms in total. The van der Waals surface area contributed by atoms with Gasteiger partial charge in [0.15, 0.2) is 11.3 Å². The number of carbonyl (C=O) groups is 1. The summed E-state index contributed by atoms with van der Waals surface area (Å²) in [4.78, 5) is 26.9. The molecular formula is C10H9N3O4. The van der Waals surface area contributed by atoms with E-state index in [-0.39, 0.29) is 11.3 Å². The van der Waals surface area contributed by atoms with Crippen LogP contribution in [0.5, 0.6) is 5.75 Å². The van der Waals surface area contributed by atoms with E-state index in [0.29, 0.717) is 0 Å². The van der Waals surface area contributed by atoms with Crippen molar-refractivity contribution in [2.24, 2.45) is 0 Å². The maximum Gasteiger partial charge on any atom is 0.360 e. The van der Waals surface area contributed by atoms with Gasteiger partial charge in [-0.1, -0.05) is 0 Å². The minimum Gasteiger partial charge on any atom is -0.501 e. The van der Waals surface area contributed by atoms with Gasteiger partial charge in [-0.05, 0) is 12.1 Å². The van der Waals surface area contributed by atoms with E-state index in [1.807, 2.05) is 0 Å². The highest BCUT2D eigenvalue weighted by Gasteiger charge is 2.19. The second-order valence-corrected chi connectivity index (χ2v) is 3.26. The molecule has 0 amide bonds. The van der Waals surface area contributed by atoms with Crippen LogP contribution in [0.25, 0.3) is 5.65 Å². The molecule has 7 heteroatoms. The zero-order chi connectivity index (χ0) is 12.6. The number of ether oxygens (including phenoxy) is 1. The second kappa shape index (κ2) is 3.78. The lowest BCUT2D eigenvalue weighted by molar-refractivity contribution is 0.0590. The molecule has 2 aromatic rings. The van der Waals surface area contributed by atoms with Gasteiger partial charge < -0.3 is 15.6 Å². The number of rotatable bonds is 1. The molecule has 0 bridgehead atoms. The van der Waals surface area contributed by atoms with E-state index in [1.54, 1.807) is 0 Å². The fourth-order valence-corrected chi connectivity index (χ4v) is 1.41. The summed E-state index contributed by atoms with van der Waals surface area (Å²) < 4.78 is 5.46. The minimum absolute atomic E-state index is 0.0932. The standard InChI is InChI=1S/C10H9N3O4/c1-17-10(16)6-7(14)9(15)13-4-2-3-5(11)8(13)12-6/h2-4,14H,11H2,1H3. The molecule has 3 N–H and O–H groups in total. The van der Waals surface area contributed by atoms with Gasteiger partial charge >= 0.3 is 11.5 Å². The molecule has 0 saturated heterocycles. The molecule has 0 aliphatic rings. The Morgan fingerprint density at radius 3 is 2.94 bits per heavy atom. The van der Waals surface area contributed by atoms with Crippen LogP contribution < -0.4 is 11.3 Å². The fraction of sp³-hybridized carbons (Fsp3) is 0.100. The Hall–Kier alpha value is -2.57. The number of nitrogens with two attached hydrogens (primary N) is 1. The van der Waals surface area contributed by atoms with Gasteiger partial charge in [0.2, 0.25) is 5.75 Å². The van der Waals surface area contributed by atoms with Crippen molar-refractivity contribution in [3.63, 3.8) is 0 Å². The summed E-state index contributed by atoms with van der Waals surface area (Å²) in [5.74, 6) is -1.66. The summed E-state index contributed by atoms with van der Waals surface area (Å²) in [5.41, 5.74) is 4.72. The molecule has 88 valence electrons. The van der Waals surface area contributed by atoms with E-state index in [9.17, 15) is 14.7 Å². The van der Waals surface area contributed by atoms with Crippen LogP contribution >= 0.6 is 0 Å². The lowest BCUT2D eigenvalue weighted by atomic mass is 10.3. The Balaban J connectivity index is 2.91. The molecule has 0 aliphatic heterocycles. The van der Waals surface area contributed by atoms with Gasteiger partial charge in [0.05, 0.1) is 12.8 Å². The van der Waals surface area contributed by atoms with E-state index in [2.05, 4.69) is 9.72 Å². The van der Waals surface area contributed by atoms with Gasteiger partial charge in [-0.2, -0.15) is 0 Å². The van der Waals surface area contributed by atoms with Crippen LogP contribution in [0.2, 0.25) is 0 Å². The van der Waals surface area contributed by atoms with Crippen LogP contribution in [-0.4, -0.2) is 27.6 Å². The Morgan fingerprint density at radius 1 is 1.59 bits per heavy atom. The first kappa shape index (κ1) is 10.9. The molecule has 0 aromatic carbocycles. The monoisotopic (exact) mass is 235 g/mol. The zero-order valence-electron chi connectivity index (χ0n) is 8.88. The van der Waals surface area contributed by atoms with Crippen molar-refractivity contribution in [3.05, 3.63) is 34.4 Å². The SMILES string of the molecule is COC(=O)c1nc2c(N)cccn2c(=O)c1O. The fourth-order valence-electron chi connectivity index (χ4n) is 1.41. The van der Waals surface area contributed by atoms with E-state index < -0.39 is 23.0 Å². The highest BCUT2D eigenvalue weighted by atomic mass is 16.5. The average molecular weight is 235 g/mol. The van der Waals surface area contributed by atoms with Crippen LogP contribution in [-0.2, 0) is 4.74 Å². The molecule has 0 atom stereocenters. The predicted molar refractivity (Wildman–Crippen MR) is 58.9 cm³/mol. The van der Waals surface area contributed by atoms with Gasteiger partial charge in [-0.15, -0.1) is 0 Å². The number of aromatic nitrogens is 2. The van der Waals surface area contributed by atoms with Gasteiger partial charge in [0.25, 0.3) is 0 Å². The highest BCUT2D eigenvalue weighted by Crippen LogP contribution is 2.15. The summed E-state index contributed by atoms with van der Waals surface area (Å²) in [6.45, 7) is 0. The normalized spacial score (nSPS) is 10.4. The lowest BCUT2D eigenvalue weighted by Crippen LogP contribution is -2.20. The van der Waals surface area contributed by atoms with Crippen LogP contribution in [0.15, 0.2) is 23.1 Å². The Labute approximate surface area is 95.1 Å². The molecule has 17 heavy (non-hydrogen) atoms. The Morgan fingerprint density at radius 2 is 2.29 bits per heavy atom. The second-order valence-electron chi connectivity index (χ2n) is 3.26. The van der Waals surface area contributed by atoms with Gasteiger partial charge in [0.1, 0.15) is 0 Å². The molecule has 0 radical (unpaired) electrons. The topological polar surface area (TPSA) is 107 Å². The number of pyridine rings is 1. The smallest absolute Gasteiger partial charge is 0.360 e. The van der Waals surface area contributed by atoms with E-state index >= 15 is 0 Å². The molecule has 2 aromatic heterocycles. The predicted octanol–water partition coefficient (Wildman–Crippen LogP) is -0.231. The molecule has 0 saturated carbocycles. The van der Waals surface area contributed by atoms with Crippen molar-refractivity contribution in [1.29, 1.82) is 0 Å². The summed E-state index contributed by atoms with van der Waals surface area (Å²) in [6, 6.07) is 3.06. The van der Waals surface area contributed by atoms with E-state index in [4.69, 9.17) is 5.73 Å². The molecule has 2 rings (SSSR count). The largest absolute Gasteiger partial charge is 0.501 e. The van der Waals surface area contributed by atoms with Crippen LogP contribution in [0.3, 0.4) is 0 Å². The highest BCUT2D eigenvalue weighted by molar-refractivity contribution is 5.91. The van der Waals surface area contributed by atoms with Crippen molar-refractivity contribution < 1.29 is 14.6 Å². The number of carbonyl (C=O) groups excluding carboxylic acids is 1. The summed E-state index contributed by atoms with van der Waals surface area (Å²) >= 11 is 0. The Bertz CT molecular complexity index is 662. The van der Waals surface area contributed by atoms with Gasteiger partial charge in [-0.25, -0.2) is 9.78 Å². The summed E-state index contributed by atoms with van der Waals surface area (Å²) in [6.07, 6.45) is 1.39. The number of hydrogen-bond donors (Lipinski definition) is 2. The maximum atomic E-state index is 11.7. The van der Waals surface area contributed by atoms with Crippen LogP contribution in [0.1, 0.15) is 10.5 Å². The molecule has 2 heterocycles. The van der Waals surface area contributed by atoms with E-state index in [0.717, 1.165) is 11.5 Å². The first-order chi connectivity index (χ1) is 8.06. The van der Waals surface area contributed by atoms with Crippen molar-refractivity contribution in [1.82, 2.24) is 9.38 Å². The number of methoxy groups -OCH3 is 1. The summed E-state index contributed by atoms with van der Waals surface area (Å²) in [7, 11) is 1.12. The molecule has 0 aliphatic carbocycles. The maximum absolute atomic E-state index is 11.7. The molecule has 0 spiro atoms. The van der Waals surface area contributed by atoms with E-state index in [1.165, 1.54) is 18.3 Å². The van der Waals surface area contributed by atoms with Crippen molar-refractivity contribution in [2.45, 2.75) is 0 Å². The van der Waals surface area contributed by atoms with Gasteiger partial charge in [-0.3, -0.25) is 9.20 Å². The quantitative estimate of drug-likeness (QED) is 0.661. The van der Waals surface area contributed by atoms with Crippen molar-refractivity contribution >= 4 is 17.3 Å². The Kier molecular flexibility index (Phi) is 2.43. The zero-order valence-corrected chi connectivity index (χ0v) is 8.88. The number of hydrogen-bond acceptors (Lipinski definition) is 6. The molecule has 0 fully saturated rings. The minimum atomic E-state index is -0.898. The number of esters is 1. The number of nitrogens with zero attached hydrogens (tertiary/aromatic N) is 2. The summed E-state index contributed by atoms with van der Waals surface area (Å²) in [5, 5.41) is 9.55. The molecule has 0 unspecified atom stereocenters. The van der Waals surface area contributed by atoms with Gasteiger partial charge in [0, 0.05) is 6.20 Å². The van der Waals surface area contributed by atoms with Crippen LogP contribution in [0.4, 0.5) is 5.69 Å². The first-order valence-electron chi connectivity index (χ1n) is 4.64. The van der Waals surface area contributed by atoms with Crippen molar-refractivity contribution in [2.75, 3.05) is 12.8 Å². The van der Waals surface area contributed by atoms with Crippen LogP contribution in [0, 0.1) is 0 Å². The number of anilines is 1. The number of fused-ring (bicyclic) bond motifs is 1. The lowest BCUT2D eigenvalue weighted by Gasteiger charge is -2.06. The third kappa shape index (κ3) is 1.57. The number of nitrogen functional groups attached to an aromatic ring is 1. The molecular weight excluding hydrogens is 226 g/mol. The average Bonchev–Trinajstić information content (AvgIpc) is 2.33. The van der Waals surface area contributed by atoms with Crippen molar-refractivity contribution in [3.8, 4) is 5.75 Å². The third-order valence-corrected chi connectivity index (χ3v) is 2.24. The first-order valence-corrected chi connectivity index (χ1v) is 4.64. The third-order valence-electron chi connectivity index (χ3n) is 2.24.